The van der Waals surface area contributed by atoms with E-state index in [2.05, 4.69) is 26.1 Å². The summed E-state index contributed by atoms with van der Waals surface area (Å²) in [6, 6.07) is 5.35. The van der Waals surface area contributed by atoms with Crippen molar-refractivity contribution in [1.82, 2.24) is 10.1 Å². The second-order valence-electron chi connectivity index (χ2n) is 3.23. The molecule has 3 N–H and O–H groups in total. The molecular weight excluding hydrogens is 274 g/mol. The Morgan fingerprint density at radius 3 is 3.00 bits per heavy atom. The van der Waals surface area contributed by atoms with Crippen LogP contribution in [0.4, 0.5) is 5.69 Å². The third-order valence-electron chi connectivity index (χ3n) is 2.02. The van der Waals surface area contributed by atoms with Gasteiger partial charge < -0.3 is 15.4 Å². The number of aliphatic hydroxyl groups is 1. The lowest BCUT2D eigenvalue weighted by Crippen LogP contribution is -1.92. The monoisotopic (exact) mass is 283 g/mol. The molecule has 0 saturated carbocycles. The first-order chi connectivity index (χ1) is 7.70. The molecule has 0 aliphatic heterocycles. The highest BCUT2D eigenvalue weighted by molar-refractivity contribution is 9.10. The largest absolute Gasteiger partial charge is 0.399 e. The number of hydrogen-bond acceptors (Lipinski definition) is 5. The van der Waals surface area contributed by atoms with E-state index in [-0.39, 0.29) is 6.61 Å². The fraction of sp³-hybridized carbons (Fsp3) is 0.200. The minimum absolute atomic E-state index is 0.00291. The van der Waals surface area contributed by atoms with Gasteiger partial charge in [-0.15, -0.1) is 0 Å². The summed E-state index contributed by atoms with van der Waals surface area (Å²) in [5, 5.41) is 12.5. The van der Waals surface area contributed by atoms with Gasteiger partial charge in [0.15, 0.2) is 5.82 Å². The van der Waals surface area contributed by atoms with Crippen molar-refractivity contribution in [2.24, 2.45) is 0 Å². The van der Waals surface area contributed by atoms with Gasteiger partial charge in [0.05, 0.1) is 12.2 Å². The van der Waals surface area contributed by atoms with Crippen molar-refractivity contribution in [3.8, 4) is 11.5 Å². The minimum atomic E-state index is -0.00291. The van der Waals surface area contributed by atoms with E-state index in [1.165, 1.54) is 0 Å². The summed E-state index contributed by atoms with van der Waals surface area (Å²) in [5.74, 6) is 0.870. The molecule has 2 rings (SSSR count). The van der Waals surface area contributed by atoms with Gasteiger partial charge in [-0.3, -0.25) is 0 Å². The number of nitrogen functional groups attached to an aromatic ring is 1. The zero-order chi connectivity index (χ0) is 11.5. The summed E-state index contributed by atoms with van der Waals surface area (Å²) in [7, 11) is 0. The molecule has 1 heterocycles. The highest BCUT2D eigenvalue weighted by atomic mass is 79.9. The van der Waals surface area contributed by atoms with Crippen LogP contribution in [0.5, 0.6) is 0 Å². The van der Waals surface area contributed by atoms with Gasteiger partial charge in [-0.2, -0.15) is 4.98 Å². The Bertz CT molecular complexity index is 499. The molecule has 0 aliphatic carbocycles. The van der Waals surface area contributed by atoms with Crippen molar-refractivity contribution < 1.29 is 9.63 Å². The molecule has 0 bridgehead atoms. The van der Waals surface area contributed by atoms with Gasteiger partial charge in [-0.05, 0) is 34.1 Å². The Kier molecular flexibility index (Phi) is 3.21. The fourth-order valence-electron chi connectivity index (χ4n) is 1.27. The maximum absolute atomic E-state index is 8.75. The molecule has 0 aliphatic rings. The normalized spacial score (nSPS) is 10.6. The quantitative estimate of drug-likeness (QED) is 0.836. The molecule has 0 fully saturated rings. The van der Waals surface area contributed by atoms with Crippen LogP contribution in [0.1, 0.15) is 5.82 Å². The van der Waals surface area contributed by atoms with E-state index in [1.54, 1.807) is 12.1 Å². The van der Waals surface area contributed by atoms with Crippen LogP contribution in [-0.4, -0.2) is 21.9 Å². The van der Waals surface area contributed by atoms with Crippen LogP contribution in [0.15, 0.2) is 27.2 Å². The van der Waals surface area contributed by atoms with E-state index in [0.717, 1.165) is 10.0 Å². The van der Waals surface area contributed by atoms with Gasteiger partial charge in [0.1, 0.15) is 0 Å². The third-order valence-corrected chi connectivity index (χ3v) is 2.72. The van der Waals surface area contributed by atoms with Gasteiger partial charge in [-0.1, -0.05) is 5.16 Å². The van der Waals surface area contributed by atoms with Crippen molar-refractivity contribution >= 4 is 21.6 Å². The summed E-state index contributed by atoms with van der Waals surface area (Å²) in [6.07, 6.45) is 0.378. The predicted molar refractivity (Wildman–Crippen MR) is 62.6 cm³/mol. The lowest BCUT2D eigenvalue weighted by Gasteiger charge is -1.99. The van der Waals surface area contributed by atoms with E-state index in [0.29, 0.717) is 23.8 Å². The van der Waals surface area contributed by atoms with Crippen LogP contribution >= 0.6 is 15.9 Å². The lowest BCUT2D eigenvalue weighted by molar-refractivity contribution is 0.293. The number of nitrogens with zero attached hydrogens (tertiary/aromatic N) is 2. The number of rotatable bonds is 3. The molecule has 1 aromatic heterocycles. The summed E-state index contributed by atoms with van der Waals surface area (Å²) >= 11 is 3.38. The van der Waals surface area contributed by atoms with E-state index in [4.69, 9.17) is 15.4 Å². The topological polar surface area (TPSA) is 85.2 Å². The van der Waals surface area contributed by atoms with E-state index in [1.807, 2.05) is 6.07 Å². The summed E-state index contributed by atoms with van der Waals surface area (Å²) < 4.78 is 5.92. The Morgan fingerprint density at radius 2 is 2.25 bits per heavy atom. The summed E-state index contributed by atoms with van der Waals surface area (Å²) in [6.45, 7) is -0.00291. The van der Waals surface area contributed by atoms with Crippen LogP contribution in [0, 0.1) is 0 Å². The van der Waals surface area contributed by atoms with Gasteiger partial charge in [0.25, 0.3) is 5.89 Å². The first-order valence-electron chi connectivity index (χ1n) is 4.69. The smallest absolute Gasteiger partial charge is 0.259 e. The van der Waals surface area contributed by atoms with Crippen molar-refractivity contribution in [1.29, 1.82) is 0 Å². The second-order valence-corrected chi connectivity index (χ2v) is 4.08. The molecule has 0 unspecified atom stereocenters. The molecule has 1 aromatic carbocycles. The molecule has 0 radical (unpaired) electrons. The van der Waals surface area contributed by atoms with Gasteiger partial charge in [0, 0.05) is 16.6 Å². The molecule has 6 heteroatoms. The standard InChI is InChI=1S/C10H10BrN3O2/c11-8-2-1-6(12)5-7(8)10-13-9(3-4-15)14-16-10/h1-2,5,15H,3-4,12H2. The van der Waals surface area contributed by atoms with Gasteiger partial charge in [0.2, 0.25) is 0 Å². The van der Waals surface area contributed by atoms with Crippen LogP contribution in [0.3, 0.4) is 0 Å². The average Bonchev–Trinajstić information content (AvgIpc) is 2.71. The first-order valence-corrected chi connectivity index (χ1v) is 5.49. The molecule has 16 heavy (non-hydrogen) atoms. The third kappa shape index (κ3) is 2.23. The highest BCUT2D eigenvalue weighted by Crippen LogP contribution is 2.28. The Labute approximate surface area is 100 Å². The zero-order valence-corrected chi connectivity index (χ0v) is 9.94. The molecule has 84 valence electrons. The number of hydrogen-bond donors (Lipinski definition) is 2. The maximum atomic E-state index is 8.75. The Hall–Kier alpha value is -1.40. The molecule has 2 aromatic rings. The first kappa shape index (κ1) is 11.1. The minimum Gasteiger partial charge on any atom is -0.399 e. The lowest BCUT2D eigenvalue weighted by atomic mass is 10.2. The van der Waals surface area contributed by atoms with Crippen LogP contribution in [0.25, 0.3) is 11.5 Å². The van der Waals surface area contributed by atoms with Gasteiger partial charge >= 0.3 is 0 Å². The van der Waals surface area contributed by atoms with Crippen LogP contribution in [0.2, 0.25) is 0 Å². The maximum Gasteiger partial charge on any atom is 0.259 e. The van der Waals surface area contributed by atoms with Crippen molar-refractivity contribution in [3.05, 3.63) is 28.5 Å². The number of nitrogens with two attached hydrogens (primary N) is 1. The molecule has 0 saturated heterocycles. The van der Waals surface area contributed by atoms with E-state index in [9.17, 15) is 0 Å². The van der Waals surface area contributed by atoms with E-state index < -0.39 is 0 Å². The number of aliphatic hydroxyl groups excluding tert-OH is 1. The number of anilines is 1. The van der Waals surface area contributed by atoms with Crippen LogP contribution < -0.4 is 5.73 Å². The molecule has 5 nitrogen and oxygen atoms in total. The van der Waals surface area contributed by atoms with Crippen molar-refractivity contribution in [2.75, 3.05) is 12.3 Å². The van der Waals surface area contributed by atoms with Crippen molar-refractivity contribution in [3.63, 3.8) is 0 Å². The zero-order valence-electron chi connectivity index (χ0n) is 8.35. The SMILES string of the molecule is Nc1ccc(Br)c(-c2nc(CCO)no2)c1. The van der Waals surface area contributed by atoms with Crippen molar-refractivity contribution in [2.45, 2.75) is 6.42 Å². The average molecular weight is 284 g/mol. The van der Waals surface area contributed by atoms with Gasteiger partial charge in [-0.25, -0.2) is 0 Å². The number of aromatic nitrogens is 2. The van der Waals surface area contributed by atoms with E-state index >= 15 is 0 Å². The number of halogens is 1. The summed E-state index contributed by atoms with van der Waals surface area (Å²) in [5.41, 5.74) is 7.05. The number of benzene rings is 1. The molecule has 0 atom stereocenters. The predicted octanol–water partition coefficient (Wildman–Crippen LogP) is 1.62. The second kappa shape index (κ2) is 4.63. The molecule has 0 spiro atoms. The Morgan fingerprint density at radius 1 is 1.44 bits per heavy atom. The fourth-order valence-corrected chi connectivity index (χ4v) is 1.69. The highest BCUT2D eigenvalue weighted by Gasteiger charge is 2.11. The Balaban J connectivity index is 2.38. The molecular formula is C10H10BrN3O2. The molecule has 0 amide bonds. The summed E-state index contributed by atoms with van der Waals surface area (Å²) in [4.78, 5) is 4.15. The van der Waals surface area contributed by atoms with Crippen LogP contribution in [-0.2, 0) is 6.42 Å².